The number of nitrogens with one attached hydrogen (secondary N) is 1. The summed E-state index contributed by atoms with van der Waals surface area (Å²) in [6.45, 7) is 9.70. The van der Waals surface area contributed by atoms with E-state index in [0.29, 0.717) is 18.2 Å². The van der Waals surface area contributed by atoms with Gasteiger partial charge in [-0.15, -0.1) is 0 Å². The Labute approximate surface area is 151 Å². The zero-order valence-electron chi connectivity index (χ0n) is 15.9. The van der Waals surface area contributed by atoms with E-state index in [9.17, 15) is 4.79 Å². The third-order valence-electron chi connectivity index (χ3n) is 4.42. The number of piperazine rings is 1. The number of urea groups is 1. The van der Waals surface area contributed by atoms with Crippen molar-refractivity contribution < 1.29 is 14.3 Å². The fourth-order valence-corrected chi connectivity index (χ4v) is 3.11. The summed E-state index contributed by atoms with van der Waals surface area (Å²) in [5.41, 5.74) is 1.11. The third-order valence-corrected chi connectivity index (χ3v) is 4.42. The molecule has 1 aliphatic heterocycles. The maximum atomic E-state index is 12.3. The molecule has 1 aromatic rings. The van der Waals surface area contributed by atoms with Crippen molar-refractivity contribution in [2.24, 2.45) is 5.92 Å². The highest BCUT2D eigenvalue weighted by molar-refractivity contribution is 5.74. The van der Waals surface area contributed by atoms with Gasteiger partial charge in [-0.3, -0.25) is 4.90 Å². The number of benzene rings is 1. The van der Waals surface area contributed by atoms with Gasteiger partial charge in [-0.05, 0) is 30.0 Å². The molecule has 1 N–H and O–H groups in total. The molecule has 1 aliphatic rings. The van der Waals surface area contributed by atoms with Crippen molar-refractivity contribution in [2.75, 3.05) is 53.5 Å². The Morgan fingerprint density at radius 1 is 1.12 bits per heavy atom. The lowest BCUT2D eigenvalue weighted by atomic mass is 10.1. The first-order chi connectivity index (χ1) is 12.0. The zero-order chi connectivity index (χ0) is 18.2. The molecule has 1 aromatic carbocycles. The third kappa shape index (κ3) is 5.81. The molecule has 1 heterocycles. The molecular formula is C19H31N3O3. The number of hydrogen-bond donors (Lipinski definition) is 1. The largest absolute Gasteiger partial charge is 0.493 e. The highest BCUT2D eigenvalue weighted by Crippen LogP contribution is 2.27. The van der Waals surface area contributed by atoms with Crippen molar-refractivity contribution >= 4 is 6.03 Å². The molecule has 6 nitrogen and oxygen atoms in total. The summed E-state index contributed by atoms with van der Waals surface area (Å²) in [6.07, 6.45) is 0.763. The van der Waals surface area contributed by atoms with E-state index < -0.39 is 0 Å². The minimum atomic E-state index is 0.0321. The number of nitrogens with zero attached hydrogens (tertiary/aromatic N) is 2. The molecule has 0 aliphatic carbocycles. The average molecular weight is 349 g/mol. The van der Waals surface area contributed by atoms with Crippen LogP contribution in [0.3, 0.4) is 0 Å². The van der Waals surface area contributed by atoms with Gasteiger partial charge in [0.15, 0.2) is 11.5 Å². The maximum Gasteiger partial charge on any atom is 0.317 e. The van der Waals surface area contributed by atoms with Crippen molar-refractivity contribution in [1.82, 2.24) is 15.1 Å². The Morgan fingerprint density at radius 3 is 2.40 bits per heavy atom. The molecule has 140 valence electrons. The predicted molar refractivity (Wildman–Crippen MR) is 99.5 cm³/mol. The Bertz CT molecular complexity index is 555. The standard InChI is InChI=1S/C19H31N3O3/c1-15(2)14-21-9-11-22(12-10-21)19(23)20-8-7-16-5-6-17(24-3)18(13-16)25-4/h5-6,13,15H,7-12,14H2,1-4H3,(H,20,23). The normalized spacial score (nSPS) is 15.3. The van der Waals surface area contributed by atoms with E-state index in [1.54, 1.807) is 14.2 Å². The fourth-order valence-electron chi connectivity index (χ4n) is 3.11. The molecule has 1 saturated heterocycles. The molecule has 2 rings (SSSR count). The number of carbonyl (C=O) groups is 1. The predicted octanol–water partition coefficient (Wildman–Crippen LogP) is 2.23. The minimum Gasteiger partial charge on any atom is -0.493 e. The van der Waals surface area contributed by atoms with Crippen LogP contribution in [0.1, 0.15) is 19.4 Å². The van der Waals surface area contributed by atoms with Crippen LogP contribution in [0, 0.1) is 5.92 Å². The van der Waals surface area contributed by atoms with E-state index in [-0.39, 0.29) is 6.03 Å². The van der Waals surface area contributed by atoms with Crippen LogP contribution in [-0.2, 0) is 6.42 Å². The lowest BCUT2D eigenvalue weighted by molar-refractivity contribution is 0.131. The van der Waals surface area contributed by atoms with E-state index in [0.717, 1.165) is 50.5 Å². The first kappa shape index (κ1) is 19.4. The second-order valence-corrected chi connectivity index (χ2v) is 6.85. The summed E-state index contributed by atoms with van der Waals surface area (Å²) >= 11 is 0. The lowest BCUT2D eigenvalue weighted by Crippen LogP contribution is -2.52. The molecule has 1 fully saturated rings. The molecule has 0 saturated carbocycles. The second-order valence-electron chi connectivity index (χ2n) is 6.85. The van der Waals surface area contributed by atoms with Crippen LogP contribution in [0.2, 0.25) is 0 Å². The van der Waals surface area contributed by atoms with Crippen LogP contribution in [0.5, 0.6) is 11.5 Å². The Morgan fingerprint density at radius 2 is 1.80 bits per heavy atom. The summed E-state index contributed by atoms with van der Waals surface area (Å²) < 4.78 is 10.6. The summed E-state index contributed by atoms with van der Waals surface area (Å²) in [6, 6.07) is 5.88. The topological polar surface area (TPSA) is 54.0 Å². The lowest BCUT2D eigenvalue weighted by Gasteiger charge is -2.35. The molecule has 6 heteroatoms. The van der Waals surface area contributed by atoms with Gasteiger partial charge in [0, 0.05) is 39.3 Å². The molecule has 25 heavy (non-hydrogen) atoms. The zero-order valence-corrected chi connectivity index (χ0v) is 15.9. The Kier molecular flexibility index (Phi) is 7.37. The quantitative estimate of drug-likeness (QED) is 0.820. The summed E-state index contributed by atoms with van der Waals surface area (Å²) in [7, 11) is 3.25. The smallest absolute Gasteiger partial charge is 0.317 e. The fraction of sp³-hybridized carbons (Fsp3) is 0.632. The maximum absolute atomic E-state index is 12.3. The van der Waals surface area contributed by atoms with Crippen LogP contribution in [-0.4, -0.2) is 69.3 Å². The molecule has 0 spiro atoms. The van der Waals surface area contributed by atoms with Crippen molar-refractivity contribution in [3.63, 3.8) is 0 Å². The molecule has 0 bridgehead atoms. The van der Waals surface area contributed by atoms with Gasteiger partial charge >= 0.3 is 6.03 Å². The van der Waals surface area contributed by atoms with E-state index in [2.05, 4.69) is 24.1 Å². The highest BCUT2D eigenvalue weighted by Gasteiger charge is 2.21. The summed E-state index contributed by atoms with van der Waals surface area (Å²) in [5.74, 6) is 2.10. The first-order valence-electron chi connectivity index (χ1n) is 8.99. The first-order valence-corrected chi connectivity index (χ1v) is 8.99. The highest BCUT2D eigenvalue weighted by atomic mass is 16.5. The van der Waals surface area contributed by atoms with E-state index in [1.165, 1.54) is 0 Å². The summed E-state index contributed by atoms with van der Waals surface area (Å²) in [4.78, 5) is 16.6. The van der Waals surface area contributed by atoms with Gasteiger partial charge < -0.3 is 19.7 Å². The van der Waals surface area contributed by atoms with Gasteiger partial charge in [-0.25, -0.2) is 4.79 Å². The Hall–Kier alpha value is -1.95. The number of rotatable bonds is 7. The van der Waals surface area contributed by atoms with Gasteiger partial charge in [0.05, 0.1) is 14.2 Å². The van der Waals surface area contributed by atoms with Crippen LogP contribution in [0.25, 0.3) is 0 Å². The molecule has 0 aromatic heterocycles. The van der Waals surface area contributed by atoms with Gasteiger partial charge in [-0.2, -0.15) is 0 Å². The molecule has 0 unspecified atom stereocenters. The Balaban J connectivity index is 1.74. The SMILES string of the molecule is COc1ccc(CCNC(=O)N2CCN(CC(C)C)CC2)cc1OC. The van der Waals surface area contributed by atoms with Crippen LogP contribution in [0.15, 0.2) is 18.2 Å². The van der Waals surface area contributed by atoms with Crippen molar-refractivity contribution in [2.45, 2.75) is 20.3 Å². The number of methoxy groups -OCH3 is 2. The van der Waals surface area contributed by atoms with Gasteiger partial charge in [-0.1, -0.05) is 19.9 Å². The van der Waals surface area contributed by atoms with Gasteiger partial charge in [0.1, 0.15) is 0 Å². The number of carbonyl (C=O) groups excluding carboxylic acids is 1. The monoisotopic (exact) mass is 349 g/mol. The summed E-state index contributed by atoms with van der Waals surface area (Å²) in [5, 5.41) is 3.02. The molecule has 0 atom stereocenters. The van der Waals surface area contributed by atoms with E-state index >= 15 is 0 Å². The molecule has 2 amide bonds. The van der Waals surface area contributed by atoms with Gasteiger partial charge in [0.2, 0.25) is 0 Å². The van der Waals surface area contributed by atoms with Crippen molar-refractivity contribution in [3.05, 3.63) is 23.8 Å². The molecule has 0 radical (unpaired) electrons. The van der Waals surface area contributed by atoms with Crippen LogP contribution < -0.4 is 14.8 Å². The number of hydrogen-bond acceptors (Lipinski definition) is 4. The van der Waals surface area contributed by atoms with Crippen LogP contribution in [0.4, 0.5) is 4.79 Å². The number of ether oxygens (including phenoxy) is 2. The van der Waals surface area contributed by atoms with Crippen molar-refractivity contribution in [1.29, 1.82) is 0 Å². The van der Waals surface area contributed by atoms with Crippen LogP contribution >= 0.6 is 0 Å². The number of amides is 2. The van der Waals surface area contributed by atoms with Gasteiger partial charge in [0.25, 0.3) is 0 Å². The molecular weight excluding hydrogens is 318 g/mol. The minimum absolute atomic E-state index is 0.0321. The van der Waals surface area contributed by atoms with E-state index in [1.807, 2.05) is 23.1 Å². The van der Waals surface area contributed by atoms with Crippen molar-refractivity contribution in [3.8, 4) is 11.5 Å². The van der Waals surface area contributed by atoms with E-state index in [4.69, 9.17) is 9.47 Å². The average Bonchev–Trinajstić information content (AvgIpc) is 2.61. The second kappa shape index (κ2) is 9.51.